The van der Waals surface area contributed by atoms with Gasteiger partial charge in [-0.15, -0.1) is 0 Å². The number of sulfonamides is 1. The van der Waals surface area contributed by atoms with E-state index in [1.807, 2.05) is 0 Å². The lowest BCUT2D eigenvalue weighted by molar-refractivity contribution is -0.114. The molecule has 0 saturated carbocycles. The molecule has 0 unspecified atom stereocenters. The van der Waals surface area contributed by atoms with Crippen molar-refractivity contribution in [1.29, 1.82) is 0 Å². The lowest BCUT2D eigenvalue weighted by atomic mass is 10.3. The van der Waals surface area contributed by atoms with E-state index in [4.69, 9.17) is 0 Å². The van der Waals surface area contributed by atoms with Crippen LogP contribution in [0.25, 0.3) is 0 Å². The molecule has 0 aliphatic rings. The molecule has 23 heavy (non-hydrogen) atoms. The maximum absolute atomic E-state index is 12.3. The Hall–Kier alpha value is -2.68. The Morgan fingerprint density at radius 1 is 1.26 bits per heavy atom. The molecule has 1 aromatic carbocycles. The standard InChI is InChI=1S/C14H16N4O4S/c1-3-10-8-13(20)17-14(16-10)18-23(21,22)12-6-4-11(5-7-12)15-9(2)19/h4-8H,3H2,1-2H3,(H,15,19)(H2,16,17,18,20). The molecule has 0 saturated heterocycles. The van der Waals surface area contributed by atoms with Crippen molar-refractivity contribution in [2.24, 2.45) is 0 Å². The first-order valence-electron chi connectivity index (χ1n) is 6.81. The highest BCUT2D eigenvalue weighted by Crippen LogP contribution is 2.16. The number of rotatable bonds is 5. The second kappa shape index (κ2) is 6.61. The van der Waals surface area contributed by atoms with Gasteiger partial charge in [0, 0.05) is 24.4 Å². The van der Waals surface area contributed by atoms with Crippen LogP contribution in [0.3, 0.4) is 0 Å². The fraction of sp³-hybridized carbons (Fsp3) is 0.214. The summed E-state index contributed by atoms with van der Waals surface area (Å²) in [7, 11) is -3.90. The van der Waals surface area contributed by atoms with Crippen LogP contribution in [0.5, 0.6) is 0 Å². The molecule has 1 aromatic heterocycles. The summed E-state index contributed by atoms with van der Waals surface area (Å²) in [4.78, 5) is 28.7. The molecule has 0 bridgehead atoms. The summed E-state index contributed by atoms with van der Waals surface area (Å²) in [6.07, 6.45) is 0.504. The number of benzene rings is 1. The fourth-order valence-electron chi connectivity index (χ4n) is 1.84. The Morgan fingerprint density at radius 3 is 2.48 bits per heavy atom. The lowest BCUT2D eigenvalue weighted by Crippen LogP contribution is -2.19. The third-order valence-electron chi connectivity index (χ3n) is 2.87. The number of aromatic nitrogens is 2. The SMILES string of the molecule is CCc1cc(=O)[nH]c(NS(=O)(=O)c2ccc(NC(C)=O)cc2)n1. The number of carbonyl (C=O) groups excluding carboxylic acids is 1. The number of carbonyl (C=O) groups is 1. The summed E-state index contributed by atoms with van der Waals surface area (Å²) < 4.78 is 26.8. The lowest BCUT2D eigenvalue weighted by Gasteiger charge is -2.09. The van der Waals surface area contributed by atoms with Crippen molar-refractivity contribution in [3.63, 3.8) is 0 Å². The number of aromatic amines is 1. The Balaban J connectivity index is 2.26. The molecule has 9 heteroatoms. The highest BCUT2D eigenvalue weighted by Gasteiger charge is 2.16. The van der Waals surface area contributed by atoms with Crippen molar-refractivity contribution in [2.75, 3.05) is 10.0 Å². The summed E-state index contributed by atoms with van der Waals surface area (Å²) in [5, 5.41) is 2.54. The van der Waals surface area contributed by atoms with Gasteiger partial charge in [-0.1, -0.05) is 6.92 Å². The number of hydrogen-bond acceptors (Lipinski definition) is 5. The normalized spacial score (nSPS) is 11.0. The quantitative estimate of drug-likeness (QED) is 0.755. The summed E-state index contributed by atoms with van der Waals surface area (Å²) in [5.74, 6) is -0.392. The molecule has 1 amide bonds. The minimum atomic E-state index is -3.90. The van der Waals surface area contributed by atoms with Crippen LogP contribution in [0.2, 0.25) is 0 Å². The Bertz CT molecular complexity index is 872. The van der Waals surface area contributed by atoms with E-state index in [-0.39, 0.29) is 16.8 Å². The average Bonchev–Trinajstić information content (AvgIpc) is 2.46. The van der Waals surface area contributed by atoms with E-state index < -0.39 is 15.6 Å². The van der Waals surface area contributed by atoms with E-state index >= 15 is 0 Å². The van der Waals surface area contributed by atoms with Gasteiger partial charge in [0.2, 0.25) is 11.9 Å². The predicted molar refractivity (Wildman–Crippen MR) is 85.8 cm³/mol. The van der Waals surface area contributed by atoms with Crippen molar-refractivity contribution >= 4 is 27.6 Å². The van der Waals surface area contributed by atoms with Crippen LogP contribution in [0.1, 0.15) is 19.5 Å². The molecule has 2 aromatic rings. The number of amides is 1. The third-order valence-corrected chi connectivity index (χ3v) is 4.23. The van der Waals surface area contributed by atoms with Gasteiger partial charge < -0.3 is 5.32 Å². The second-order valence-corrected chi connectivity index (χ2v) is 6.43. The molecule has 0 aliphatic heterocycles. The first-order chi connectivity index (χ1) is 10.8. The van der Waals surface area contributed by atoms with E-state index in [0.717, 1.165) is 0 Å². The molecule has 3 N–H and O–H groups in total. The first kappa shape index (κ1) is 16.7. The summed E-state index contributed by atoms with van der Waals surface area (Å²) in [6, 6.07) is 6.92. The Labute approximate surface area is 133 Å². The number of nitrogens with zero attached hydrogens (tertiary/aromatic N) is 1. The van der Waals surface area contributed by atoms with Gasteiger partial charge in [0.05, 0.1) is 4.90 Å². The Morgan fingerprint density at radius 2 is 1.91 bits per heavy atom. The van der Waals surface area contributed by atoms with Crippen LogP contribution in [-0.2, 0) is 21.2 Å². The largest absolute Gasteiger partial charge is 0.326 e. The van der Waals surface area contributed by atoms with Crippen molar-refractivity contribution in [3.05, 3.63) is 46.4 Å². The minimum Gasteiger partial charge on any atom is -0.326 e. The smallest absolute Gasteiger partial charge is 0.264 e. The van der Waals surface area contributed by atoms with Gasteiger partial charge in [0.1, 0.15) is 0 Å². The molecule has 0 atom stereocenters. The van der Waals surface area contributed by atoms with Crippen LogP contribution in [0, 0.1) is 0 Å². The summed E-state index contributed by atoms with van der Waals surface area (Å²) in [5.41, 5.74) is 0.527. The molecule has 122 valence electrons. The van der Waals surface area contributed by atoms with Crippen LogP contribution in [0.15, 0.2) is 40.0 Å². The van der Waals surface area contributed by atoms with Crippen molar-refractivity contribution in [2.45, 2.75) is 25.2 Å². The molecular formula is C14H16N4O4S. The van der Waals surface area contributed by atoms with E-state index in [2.05, 4.69) is 20.0 Å². The van der Waals surface area contributed by atoms with Crippen molar-refractivity contribution in [3.8, 4) is 0 Å². The fourth-order valence-corrected chi connectivity index (χ4v) is 2.81. The zero-order valence-electron chi connectivity index (χ0n) is 12.6. The van der Waals surface area contributed by atoms with Crippen molar-refractivity contribution < 1.29 is 13.2 Å². The maximum atomic E-state index is 12.3. The van der Waals surface area contributed by atoms with E-state index in [0.29, 0.717) is 17.8 Å². The van der Waals surface area contributed by atoms with Gasteiger partial charge in [0.15, 0.2) is 0 Å². The number of aryl methyl sites for hydroxylation is 1. The maximum Gasteiger partial charge on any atom is 0.264 e. The van der Waals surface area contributed by atoms with Crippen LogP contribution >= 0.6 is 0 Å². The summed E-state index contributed by atoms with van der Waals surface area (Å²) in [6.45, 7) is 3.16. The molecule has 0 aliphatic carbocycles. The first-order valence-corrected chi connectivity index (χ1v) is 8.29. The van der Waals surface area contributed by atoms with Gasteiger partial charge in [-0.05, 0) is 30.7 Å². The van der Waals surface area contributed by atoms with Gasteiger partial charge in [-0.2, -0.15) is 0 Å². The van der Waals surface area contributed by atoms with Gasteiger partial charge >= 0.3 is 0 Å². The number of hydrogen-bond donors (Lipinski definition) is 3. The highest BCUT2D eigenvalue weighted by atomic mass is 32.2. The van der Waals surface area contributed by atoms with Gasteiger partial charge in [0.25, 0.3) is 15.6 Å². The van der Waals surface area contributed by atoms with Crippen LogP contribution in [-0.4, -0.2) is 24.3 Å². The molecule has 0 fully saturated rings. The van der Waals surface area contributed by atoms with E-state index in [1.165, 1.54) is 37.3 Å². The van der Waals surface area contributed by atoms with Crippen LogP contribution in [0.4, 0.5) is 11.6 Å². The number of H-pyrrole nitrogens is 1. The molecule has 2 rings (SSSR count). The molecular weight excluding hydrogens is 320 g/mol. The van der Waals surface area contributed by atoms with E-state index in [1.54, 1.807) is 6.92 Å². The highest BCUT2D eigenvalue weighted by molar-refractivity contribution is 7.92. The monoisotopic (exact) mass is 336 g/mol. The van der Waals surface area contributed by atoms with E-state index in [9.17, 15) is 18.0 Å². The molecule has 0 radical (unpaired) electrons. The predicted octanol–water partition coefficient (Wildman–Crippen LogP) is 1.09. The van der Waals surface area contributed by atoms with Gasteiger partial charge in [-0.3, -0.25) is 14.6 Å². The third kappa shape index (κ3) is 4.39. The Kier molecular flexibility index (Phi) is 4.80. The summed E-state index contributed by atoms with van der Waals surface area (Å²) >= 11 is 0. The zero-order chi connectivity index (χ0) is 17.0. The van der Waals surface area contributed by atoms with Crippen LogP contribution < -0.4 is 15.6 Å². The minimum absolute atomic E-state index is 0.0175. The number of anilines is 2. The van der Waals surface area contributed by atoms with Gasteiger partial charge in [-0.25, -0.2) is 18.1 Å². The average molecular weight is 336 g/mol. The second-order valence-electron chi connectivity index (χ2n) is 4.75. The molecule has 0 spiro atoms. The molecule has 1 heterocycles. The zero-order valence-corrected chi connectivity index (χ0v) is 13.4. The topological polar surface area (TPSA) is 121 Å². The molecule has 8 nitrogen and oxygen atoms in total. The van der Waals surface area contributed by atoms with Crippen molar-refractivity contribution in [1.82, 2.24) is 9.97 Å². The number of nitrogens with one attached hydrogen (secondary N) is 3.